The number of fused-ring (bicyclic) bond motifs is 7. The number of nitrogens with zero attached hydrogens (tertiary/aromatic N) is 5. The lowest BCUT2D eigenvalue weighted by atomic mass is 10.0. The molecule has 0 fully saturated rings. The van der Waals surface area contributed by atoms with E-state index in [4.69, 9.17) is 15.0 Å². The summed E-state index contributed by atoms with van der Waals surface area (Å²) in [6, 6.07) is 56.6. The summed E-state index contributed by atoms with van der Waals surface area (Å²) in [6.07, 6.45) is 0. The van der Waals surface area contributed by atoms with E-state index in [-0.39, 0.29) is 0 Å². The first kappa shape index (κ1) is 26.1. The molecule has 46 heavy (non-hydrogen) atoms. The van der Waals surface area contributed by atoms with Gasteiger partial charge in [-0.25, -0.2) is 15.0 Å². The molecule has 0 saturated heterocycles. The molecule has 5 heteroatoms. The normalized spacial score (nSPS) is 11.9. The predicted octanol–water partition coefficient (Wildman–Crippen LogP) is 10.3. The summed E-state index contributed by atoms with van der Waals surface area (Å²) in [5, 5.41) is 0. The van der Waals surface area contributed by atoms with E-state index in [1.54, 1.807) is 0 Å². The predicted molar refractivity (Wildman–Crippen MR) is 187 cm³/mol. The average Bonchev–Trinajstić information content (AvgIpc) is 3.46. The molecule has 0 radical (unpaired) electrons. The molecule has 0 N–H and O–H groups in total. The minimum absolute atomic E-state index is 0.694. The fourth-order valence-electron chi connectivity index (χ4n) is 6.43. The Morgan fingerprint density at radius 1 is 0.413 bits per heavy atom. The summed E-state index contributed by atoms with van der Waals surface area (Å²) < 4.78 is 2.28. The van der Waals surface area contributed by atoms with Crippen LogP contribution < -0.4 is 4.90 Å². The fourth-order valence-corrected chi connectivity index (χ4v) is 6.43. The Balaban J connectivity index is 1.27. The van der Waals surface area contributed by atoms with E-state index in [2.05, 4.69) is 131 Å². The highest BCUT2D eigenvalue weighted by Gasteiger charge is 2.29. The SMILES string of the molecule is c1ccc(-c2cc(-c3cccc(N4c5ccccc5-c5ccccc5-n5c4nc4ccccc45)c3)nc(-c3ccccc3)n2)cc1. The number of aromatic nitrogens is 4. The first-order chi connectivity index (χ1) is 22.8. The Labute approximate surface area is 266 Å². The van der Waals surface area contributed by atoms with Gasteiger partial charge < -0.3 is 0 Å². The van der Waals surface area contributed by atoms with Gasteiger partial charge in [-0.3, -0.25) is 9.47 Å². The van der Waals surface area contributed by atoms with Crippen LogP contribution >= 0.6 is 0 Å². The van der Waals surface area contributed by atoms with Crippen molar-refractivity contribution in [1.82, 2.24) is 19.5 Å². The molecule has 0 atom stereocenters. The van der Waals surface area contributed by atoms with Crippen LogP contribution in [0.1, 0.15) is 0 Å². The quantitative estimate of drug-likeness (QED) is 0.205. The molecular weight excluding hydrogens is 562 g/mol. The van der Waals surface area contributed by atoms with Crippen molar-refractivity contribution in [3.8, 4) is 50.7 Å². The zero-order valence-electron chi connectivity index (χ0n) is 24.8. The molecule has 0 saturated carbocycles. The van der Waals surface area contributed by atoms with E-state index in [1.165, 1.54) is 0 Å². The van der Waals surface area contributed by atoms with Crippen LogP contribution in [0, 0.1) is 0 Å². The van der Waals surface area contributed by atoms with Crippen molar-refractivity contribution in [3.05, 3.63) is 164 Å². The molecule has 216 valence electrons. The van der Waals surface area contributed by atoms with Gasteiger partial charge in [-0.2, -0.15) is 0 Å². The van der Waals surface area contributed by atoms with Crippen molar-refractivity contribution < 1.29 is 0 Å². The number of hydrogen-bond acceptors (Lipinski definition) is 4. The van der Waals surface area contributed by atoms with Gasteiger partial charge in [-0.1, -0.05) is 121 Å². The number of anilines is 3. The monoisotopic (exact) mass is 589 g/mol. The molecule has 3 heterocycles. The van der Waals surface area contributed by atoms with Gasteiger partial charge in [-0.15, -0.1) is 0 Å². The van der Waals surface area contributed by atoms with Gasteiger partial charge in [0.15, 0.2) is 5.82 Å². The summed E-state index contributed by atoms with van der Waals surface area (Å²) in [5.41, 5.74) is 12.3. The third kappa shape index (κ3) is 4.29. The lowest BCUT2D eigenvalue weighted by molar-refractivity contribution is 1.05. The van der Waals surface area contributed by atoms with Crippen LogP contribution in [0.15, 0.2) is 164 Å². The second-order valence-corrected chi connectivity index (χ2v) is 11.4. The number of hydrogen-bond donors (Lipinski definition) is 0. The Morgan fingerprint density at radius 3 is 1.78 bits per heavy atom. The van der Waals surface area contributed by atoms with Crippen LogP contribution in [-0.2, 0) is 0 Å². The molecule has 5 nitrogen and oxygen atoms in total. The lowest BCUT2D eigenvalue weighted by Gasteiger charge is -2.25. The largest absolute Gasteiger partial charge is 0.280 e. The van der Waals surface area contributed by atoms with E-state index in [9.17, 15) is 0 Å². The van der Waals surface area contributed by atoms with Gasteiger partial charge in [0.05, 0.1) is 33.8 Å². The van der Waals surface area contributed by atoms with E-state index in [0.29, 0.717) is 5.82 Å². The smallest absolute Gasteiger partial charge is 0.220 e. The van der Waals surface area contributed by atoms with Crippen molar-refractivity contribution >= 4 is 28.4 Å². The minimum atomic E-state index is 0.694. The number of imidazole rings is 1. The molecule has 6 aromatic carbocycles. The Bertz CT molecular complexity index is 2320. The molecule has 2 aromatic heterocycles. The van der Waals surface area contributed by atoms with Gasteiger partial charge in [0.1, 0.15) is 0 Å². The maximum atomic E-state index is 5.24. The number of para-hydroxylation sites is 4. The molecule has 1 aliphatic heterocycles. The topological polar surface area (TPSA) is 46.8 Å². The fraction of sp³-hybridized carbons (Fsp3) is 0. The van der Waals surface area contributed by atoms with Crippen molar-refractivity contribution in [2.24, 2.45) is 0 Å². The van der Waals surface area contributed by atoms with Crippen LogP contribution in [0.4, 0.5) is 17.3 Å². The van der Waals surface area contributed by atoms with Gasteiger partial charge in [0.2, 0.25) is 5.95 Å². The minimum Gasteiger partial charge on any atom is -0.280 e. The van der Waals surface area contributed by atoms with Crippen molar-refractivity contribution in [1.29, 1.82) is 0 Å². The van der Waals surface area contributed by atoms with Gasteiger partial charge in [0, 0.05) is 33.5 Å². The van der Waals surface area contributed by atoms with Crippen molar-refractivity contribution in [2.45, 2.75) is 0 Å². The third-order valence-corrected chi connectivity index (χ3v) is 8.55. The summed E-state index contributed by atoms with van der Waals surface area (Å²) in [6.45, 7) is 0. The van der Waals surface area contributed by atoms with Crippen LogP contribution in [0.5, 0.6) is 0 Å². The summed E-state index contributed by atoms with van der Waals surface area (Å²) in [4.78, 5) is 17.6. The second-order valence-electron chi connectivity index (χ2n) is 11.4. The first-order valence-electron chi connectivity index (χ1n) is 15.4. The second kappa shape index (κ2) is 10.7. The van der Waals surface area contributed by atoms with Crippen LogP contribution in [0.2, 0.25) is 0 Å². The molecule has 1 aliphatic rings. The molecule has 8 aromatic rings. The summed E-state index contributed by atoms with van der Waals surface area (Å²) in [5.74, 6) is 1.54. The molecule has 0 bridgehead atoms. The van der Waals surface area contributed by atoms with E-state index < -0.39 is 0 Å². The van der Waals surface area contributed by atoms with E-state index in [1.807, 2.05) is 42.5 Å². The maximum absolute atomic E-state index is 5.24. The number of rotatable bonds is 4. The highest BCUT2D eigenvalue weighted by atomic mass is 15.3. The van der Waals surface area contributed by atoms with Crippen LogP contribution in [0.25, 0.3) is 61.8 Å². The zero-order valence-corrected chi connectivity index (χ0v) is 24.8. The number of benzene rings is 6. The standard InChI is InChI=1S/C41H27N5/c1-3-14-28(15-4-1)35-27-36(43-40(42-35)29-16-5-2-6-17-29)30-18-13-19-31(26-30)45-37-23-10-7-20-32(37)33-21-8-11-24-38(33)46-39-25-12-9-22-34(39)44-41(45)46/h1-27H. The van der Waals surface area contributed by atoms with E-state index in [0.717, 1.165) is 73.2 Å². The zero-order chi connectivity index (χ0) is 30.5. The van der Waals surface area contributed by atoms with Crippen LogP contribution in [-0.4, -0.2) is 19.5 Å². The Hall–Kier alpha value is -6.33. The third-order valence-electron chi connectivity index (χ3n) is 8.55. The summed E-state index contributed by atoms with van der Waals surface area (Å²) >= 11 is 0. The Morgan fingerprint density at radius 2 is 1.00 bits per heavy atom. The molecule has 0 spiro atoms. The van der Waals surface area contributed by atoms with Gasteiger partial charge in [0.25, 0.3) is 0 Å². The van der Waals surface area contributed by atoms with Crippen LogP contribution in [0.3, 0.4) is 0 Å². The van der Waals surface area contributed by atoms with Crippen molar-refractivity contribution in [3.63, 3.8) is 0 Å². The first-order valence-corrected chi connectivity index (χ1v) is 15.4. The van der Waals surface area contributed by atoms with Gasteiger partial charge >= 0.3 is 0 Å². The average molecular weight is 590 g/mol. The van der Waals surface area contributed by atoms with Gasteiger partial charge in [-0.05, 0) is 42.5 Å². The maximum Gasteiger partial charge on any atom is 0.220 e. The summed E-state index contributed by atoms with van der Waals surface area (Å²) in [7, 11) is 0. The molecule has 9 rings (SSSR count). The molecular formula is C41H27N5. The Kier molecular flexibility index (Phi) is 6.06. The molecule has 0 unspecified atom stereocenters. The highest BCUT2D eigenvalue weighted by molar-refractivity contribution is 5.96. The van der Waals surface area contributed by atoms with E-state index >= 15 is 0 Å². The lowest BCUT2D eigenvalue weighted by Crippen LogP contribution is -2.14. The highest BCUT2D eigenvalue weighted by Crippen LogP contribution is 2.47. The molecule has 0 aliphatic carbocycles. The molecule has 0 amide bonds. The van der Waals surface area contributed by atoms with Crippen molar-refractivity contribution in [2.75, 3.05) is 4.90 Å².